The molecule has 2 unspecified atom stereocenters. The van der Waals surface area contributed by atoms with Gasteiger partial charge in [0.15, 0.2) is 5.65 Å². The van der Waals surface area contributed by atoms with Crippen LogP contribution in [0.1, 0.15) is 50.8 Å². The highest BCUT2D eigenvalue weighted by molar-refractivity contribution is 5.73. The monoisotopic (exact) mass is 331 g/mol. The van der Waals surface area contributed by atoms with Crippen molar-refractivity contribution in [2.24, 2.45) is 11.8 Å². The smallest absolute Gasteiger partial charge is 0.310 e. The molecule has 0 saturated heterocycles. The summed E-state index contributed by atoms with van der Waals surface area (Å²) in [4.78, 5) is 29.3. The molecule has 1 saturated carbocycles. The third-order valence-corrected chi connectivity index (χ3v) is 5.06. The molecular formula is C18H25N3O3. The molecule has 1 aliphatic rings. The molecule has 0 bridgehead atoms. The molecule has 130 valence electrons. The fourth-order valence-electron chi connectivity index (χ4n) is 3.70. The van der Waals surface area contributed by atoms with Gasteiger partial charge in [0.05, 0.1) is 12.0 Å². The molecular weight excluding hydrogens is 306 g/mol. The molecule has 2 aromatic heterocycles. The summed E-state index contributed by atoms with van der Waals surface area (Å²) >= 11 is 0. The van der Waals surface area contributed by atoms with Crippen LogP contribution in [0.5, 0.6) is 0 Å². The second kappa shape index (κ2) is 6.79. The van der Waals surface area contributed by atoms with E-state index in [1.54, 1.807) is 19.2 Å². The van der Waals surface area contributed by atoms with E-state index in [0.29, 0.717) is 28.7 Å². The van der Waals surface area contributed by atoms with Gasteiger partial charge < -0.3 is 4.74 Å². The predicted molar refractivity (Wildman–Crippen MR) is 90.9 cm³/mol. The first-order valence-electron chi connectivity index (χ1n) is 8.72. The third kappa shape index (κ3) is 3.23. The van der Waals surface area contributed by atoms with Crippen molar-refractivity contribution >= 4 is 11.6 Å². The van der Waals surface area contributed by atoms with E-state index in [-0.39, 0.29) is 24.1 Å². The summed E-state index contributed by atoms with van der Waals surface area (Å²) in [7, 11) is 0. The topological polar surface area (TPSA) is 76.5 Å². The molecule has 2 aromatic rings. The van der Waals surface area contributed by atoms with Gasteiger partial charge in [-0.1, -0.05) is 20.3 Å². The Morgan fingerprint density at radius 1 is 1.42 bits per heavy atom. The van der Waals surface area contributed by atoms with E-state index in [1.807, 2.05) is 0 Å². The van der Waals surface area contributed by atoms with Crippen LogP contribution in [0.25, 0.3) is 5.65 Å². The molecule has 0 amide bonds. The highest BCUT2D eigenvalue weighted by Crippen LogP contribution is 2.32. The Hall–Kier alpha value is -2.11. The minimum atomic E-state index is -0.332. The first-order chi connectivity index (χ1) is 11.5. The minimum Gasteiger partial charge on any atom is -0.462 e. The summed E-state index contributed by atoms with van der Waals surface area (Å²) in [6.45, 7) is 6.11. The standard InChI is InChI=1S/C18H25N3O3/c1-11(2)13-6-4-5-7-15(13)24-17(22)10-14-12(3)20-16-8-9-19-21(16)18(14)23/h8-9,11,13,15,19H,4-7,10H2,1-3H3. The van der Waals surface area contributed by atoms with Gasteiger partial charge in [0.25, 0.3) is 5.56 Å². The molecule has 0 spiro atoms. The Balaban J connectivity index is 1.76. The number of aromatic nitrogens is 3. The van der Waals surface area contributed by atoms with E-state index in [2.05, 4.69) is 23.9 Å². The number of esters is 1. The van der Waals surface area contributed by atoms with Crippen molar-refractivity contribution in [2.45, 2.75) is 59.0 Å². The lowest BCUT2D eigenvalue weighted by atomic mass is 9.79. The zero-order valence-corrected chi connectivity index (χ0v) is 14.5. The SMILES string of the molecule is Cc1nc2cc[nH]n2c(=O)c1CC(=O)OC1CCCCC1C(C)C. The molecule has 6 heteroatoms. The number of hydrogen-bond donors (Lipinski definition) is 1. The fraction of sp³-hybridized carbons (Fsp3) is 0.611. The zero-order chi connectivity index (χ0) is 17.3. The van der Waals surface area contributed by atoms with Gasteiger partial charge in [-0.3, -0.25) is 14.7 Å². The van der Waals surface area contributed by atoms with Gasteiger partial charge in [-0.05, 0) is 38.0 Å². The Labute approximate surface area is 141 Å². The average Bonchev–Trinajstić information content (AvgIpc) is 3.00. The summed E-state index contributed by atoms with van der Waals surface area (Å²) in [5, 5.41) is 2.82. The van der Waals surface area contributed by atoms with E-state index in [0.717, 1.165) is 19.3 Å². The highest BCUT2D eigenvalue weighted by atomic mass is 16.5. The third-order valence-electron chi connectivity index (χ3n) is 5.06. The number of nitrogens with zero attached hydrogens (tertiary/aromatic N) is 2. The van der Waals surface area contributed by atoms with E-state index >= 15 is 0 Å². The van der Waals surface area contributed by atoms with E-state index in [1.165, 1.54) is 10.9 Å². The molecule has 0 radical (unpaired) electrons. The average molecular weight is 331 g/mol. The molecule has 1 fully saturated rings. The number of rotatable bonds is 4. The number of fused-ring (bicyclic) bond motifs is 1. The summed E-state index contributed by atoms with van der Waals surface area (Å²) in [6.07, 6.45) is 5.91. The number of H-pyrrole nitrogens is 1. The Bertz CT molecular complexity index is 790. The number of aryl methyl sites for hydroxylation is 1. The van der Waals surface area contributed by atoms with Gasteiger partial charge in [0, 0.05) is 18.0 Å². The van der Waals surface area contributed by atoms with Crippen molar-refractivity contribution in [3.05, 3.63) is 33.9 Å². The fourth-order valence-corrected chi connectivity index (χ4v) is 3.70. The van der Waals surface area contributed by atoms with Crippen LogP contribution < -0.4 is 5.56 Å². The Morgan fingerprint density at radius 3 is 2.92 bits per heavy atom. The van der Waals surface area contributed by atoms with Gasteiger partial charge in [-0.25, -0.2) is 9.50 Å². The lowest BCUT2D eigenvalue weighted by molar-refractivity contribution is -0.154. The van der Waals surface area contributed by atoms with Gasteiger partial charge in [0.1, 0.15) is 6.10 Å². The van der Waals surface area contributed by atoms with Crippen molar-refractivity contribution in [2.75, 3.05) is 0 Å². The van der Waals surface area contributed by atoms with Crippen LogP contribution in [-0.2, 0) is 16.0 Å². The summed E-state index contributed by atoms with van der Waals surface area (Å²) in [6, 6.07) is 1.73. The predicted octanol–water partition coefficient (Wildman–Crippen LogP) is 2.63. The van der Waals surface area contributed by atoms with Crippen LogP contribution in [0.2, 0.25) is 0 Å². The molecule has 3 rings (SSSR count). The summed E-state index contributed by atoms with van der Waals surface area (Å²) in [5.41, 5.74) is 1.31. The van der Waals surface area contributed by atoms with Crippen LogP contribution >= 0.6 is 0 Å². The number of nitrogens with one attached hydrogen (secondary N) is 1. The number of hydrogen-bond acceptors (Lipinski definition) is 4. The van der Waals surface area contributed by atoms with Crippen LogP contribution in [0.4, 0.5) is 0 Å². The normalized spacial score (nSPS) is 21.3. The molecule has 0 aromatic carbocycles. The van der Waals surface area contributed by atoms with Gasteiger partial charge in [-0.15, -0.1) is 0 Å². The van der Waals surface area contributed by atoms with E-state index < -0.39 is 0 Å². The molecule has 2 atom stereocenters. The van der Waals surface area contributed by atoms with Gasteiger partial charge in [-0.2, -0.15) is 0 Å². The number of carbonyl (C=O) groups excluding carboxylic acids is 1. The maximum atomic E-state index is 12.5. The summed E-state index contributed by atoms with van der Waals surface area (Å²) in [5.74, 6) is 0.572. The molecule has 24 heavy (non-hydrogen) atoms. The Morgan fingerprint density at radius 2 is 2.17 bits per heavy atom. The lowest BCUT2D eigenvalue weighted by Gasteiger charge is -2.33. The second-order valence-electron chi connectivity index (χ2n) is 7.03. The van der Waals surface area contributed by atoms with Crippen LogP contribution in [0, 0.1) is 18.8 Å². The van der Waals surface area contributed by atoms with Crippen molar-refractivity contribution in [3.63, 3.8) is 0 Å². The maximum absolute atomic E-state index is 12.5. The quantitative estimate of drug-likeness (QED) is 0.874. The van der Waals surface area contributed by atoms with Gasteiger partial charge >= 0.3 is 5.97 Å². The number of aromatic amines is 1. The van der Waals surface area contributed by atoms with Crippen LogP contribution in [0.3, 0.4) is 0 Å². The van der Waals surface area contributed by atoms with Crippen molar-refractivity contribution in [1.29, 1.82) is 0 Å². The first kappa shape index (κ1) is 16.7. The van der Waals surface area contributed by atoms with E-state index in [4.69, 9.17) is 4.74 Å². The molecule has 2 heterocycles. The van der Waals surface area contributed by atoms with Crippen molar-refractivity contribution in [3.8, 4) is 0 Å². The largest absolute Gasteiger partial charge is 0.462 e. The number of ether oxygens (including phenoxy) is 1. The lowest BCUT2D eigenvalue weighted by Crippen LogP contribution is -2.34. The maximum Gasteiger partial charge on any atom is 0.310 e. The molecule has 6 nitrogen and oxygen atoms in total. The molecule has 0 aliphatic heterocycles. The van der Waals surface area contributed by atoms with Crippen molar-refractivity contribution in [1.82, 2.24) is 14.6 Å². The minimum absolute atomic E-state index is 0.0268. The Kier molecular flexibility index (Phi) is 4.73. The zero-order valence-electron chi connectivity index (χ0n) is 14.5. The first-order valence-corrected chi connectivity index (χ1v) is 8.72. The number of carbonyl (C=O) groups is 1. The molecule has 1 aliphatic carbocycles. The highest BCUT2D eigenvalue weighted by Gasteiger charge is 2.30. The van der Waals surface area contributed by atoms with Gasteiger partial charge in [0.2, 0.25) is 0 Å². The van der Waals surface area contributed by atoms with Crippen molar-refractivity contribution < 1.29 is 9.53 Å². The summed E-state index contributed by atoms with van der Waals surface area (Å²) < 4.78 is 7.10. The van der Waals surface area contributed by atoms with E-state index in [9.17, 15) is 9.59 Å². The van der Waals surface area contributed by atoms with Crippen LogP contribution in [0.15, 0.2) is 17.1 Å². The van der Waals surface area contributed by atoms with Crippen LogP contribution in [-0.4, -0.2) is 26.7 Å². The molecule has 1 N–H and O–H groups in total. The second-order valence-corrected chi connectivity index (χ2v) is 7.03.